The molecule has 0 radical (unpaired) electrons. The van der Waals surface area contributed by atoms with E-state index in [1.54, 1.807) is 6.20 Å². The van der Waals surface area contributed by atoms with E-state index in [-0.39, 0.29) is 5.41 Å². The van der Waals surface area contributed by atoms with Crippen molar-refractivity contribution in [3.05, 3.63) is 24.5 Å². The molecule has 1 saturated heterocycles. The van der Waals surface area contributed by atoms with Crippen LogP contribution in [0.5, 0.6) is 0 Å². The number of anilines is 1. The average molecular weight is 373 g/mol. The maximum absolute atomic E-state index is 5.90. The van der Waals surface area contributed by atoms with Gasteiger partial charge in [0.15, 0.2) is 5.96 Å². The molecule has 0 amide bonds. The lowest BCUT2D eigenvalue weighted by molar-refractivity contribution is 0.107. The number of pyridine rings is 1. The Morgan fingerprint density at radius 3 is 2.59 bits per heavy atom. The van der Waals surface area contributed by atoms with E-state index in [1.807, 2.05) is 18.3 Å². The van der Waals surface area contributed by atoms with Gasteiger partial charge in [0.25, 0.3) is 0 Å². The summed E-state index contributed by atoms with van der Waals surface area (Å²) in [6.07, 6.45) is 10.6. The third-order valence-electron chi connectivity index (χ3n) is 5.83. The highest BCUT2D eigenvalue weighted by Gasteiger charge is 2.27. The predicted octanol–water partition coefficient (Wildman–Crippen LogP) is 2.78. The number of piperazine rings is 1. The summed E-state index contributed by atoms with van der Waals surface area (Å²) in [6.45, 7) is 9.97. The van der Waals surface area contributed by atoms with Gasteiger partial charge < -0.3 is 16.0 Å². The molecule has 1 aliphatic heterocycles. The molecular weight excluding hydrogens is 336 g/mol. The lowest BCUT2D eigenvalue weighted by Gasteiger charge is -2.41. The molecule has 6 heteroatoms. The van der Waals surface area contributed by atoms with Gasteiger partial charge in [0.2, 0.25) is 0 Å². The molecule has 1 aromatic rings. The Hall–Kier alpha value is -1.66. The van der Waals surface area contributed by atoms with Crippen molar-refractivity contribution in [3.63, 3.8) is 0 Å². The van der Waals surface area contributed by atoms with Gasteiger partial charge in [-0.25, -0.2) is 0 Å². The highest BCUT2D eigenvalue weighted by Crippen LogP contribution is 2.24. The zero-order valence-electron chi connectivity index (χ0n) is 17.0. The van der Waals surface area contributed by atoms with Gasteiger partial charge in [0.05, 0.1) is 11.9 Å². The number of hydrogen-bond acceptors (Lipinski definition) is 4. The Balaban J connectivity index is 1.64. The van der Waals surface area contributed by atoms with Crippen LogP contribution in [-0.2, 0) is 0 Å². The van der Waals surface area contributed by atoms with Gasteiger partial charge in [-0.15, -0.1) is 0 Å². The lowest BCUT2D eigenvalue weighted by atomic mass is 9.94. The summed E-state index contributed by atoms with van der Waals surface area (Å²) in [5.74, 6) is 0.952. The van der Waals surface area contributed by atoms with Gasteiger partial charge in [-0.1, -0.05) is 33.1 Å². The van der Waals surface area contributed by atoms with Crippen LogP contribution in [0.1, 0.15) is 46.0 Å². The van der Waals surface area contributed by atoms with Crippen LogP contribution in [0.25, 0.3) is 0 Å². The molecule has 0 bridgehead atoms. The molecule has 0 aromatic carbocycles. The number of aromatic nitrogens is 1. The Morgan fingerprint density at radius 1 is 1.22 bits per heavy atom. The molecular formula is C21H36N6. The van der Waals surface area contributed by atoms with E-state index in [0.29, 0.717) is 6.54 Å². The minimum absolute atomic E-state index is 0.00574. The summed E-state index contributed by atoms with van der Waals surface area (Å²) in [5.41, 5.74) is 6.89. The van der Waals surface area contributed by atoms with Gasteiger partial charge in [-0.3, -0.25) is 14.9 Å². The van der Waals surface area contributed by atoms with E-state index >= 15 is 0 Å². The number of aliphatic imine (C=N–C) groups is 1. The number of guanidine groups is 1. The monoisotopic (exact) mass is 372 g/mol. The number of rotatable bonds is 5. The summed E-state index contributed by atoms with van der Waals surface area (Å²) in [5, 5.41) is 3.49. The molecule has 150 valence electrons. The summed E-state index contributed by atoms with van der Waals surface area (Å²) >= 11 is 0. The minimum atomic E-state index is 0.00574. The zero-order valence-corrected chi connectivity index (χ0v) is 17.0. The number of hydrogen-bond donors (Lipinski definition) is 2. The van der Waals surface area contributed by atoms with Crippen molar-refractivity contribution in [1.29, 1.82) is 0 Å². The Kier molecular flexibility index (Phi) is 7.07. The largest absolute Gasteiger partial charge is 0.340 e. The summed E-state index contributed by atoms with van der Waals surface area (Å²) in [6, 6.07) is 4.78. The molecule has 1 saturated carbocycles. The first kappa shape index (κ1) is 20.1. The lowest BCUT2D eigenvalue weighted by Crippen LogP contribution is -2.53. The molecule has 27 heavy (non-hydrogen) atoms. The second-order valence-electron chi connectivity index (χ2n) is 8.69. The first-order chi connectivity index (χ1) is 13.1. The van der Waals surface area contributed by atoms with Gasteiger partial charge in [-0.2, -0.15) is 0 Å². The molecule has 2 heterocycles. The topological polar surface area (TPSA) is 69.8 Å². The first-order valence-corrected chi connectivity index (χ1v) is 10.5. The van der Waals surface area contributed by atoms with Crippen molar-refractivity contribution in [3.8, 4) is 0 Å². The third-order valence-corrected chi connectivity index (χ3v) is 5.83. The van der Waals surface area contributed by atoms with Crippen molar-refractivity contribution < 1.29 is 0 Å². The van der Waals surface area contributed by atoms with Crippen LogP contribution in [0.15, 0.2) is 29.5 Å². The van der Waals surface area contributed by atoms with Crippen molar-refractivity contribution in [2.75, 3.05) is 44.6 Å². The van der Waals surface area contributed by atoms with E-state index in [0.717, 1.165) is 50.4 Å². The fourth-order valence-corrected chi connectivity index (χ4v) is 3.88. The summed E-state index contributed by atoms with van der Waals surface area (Å²) in [7, 11) is 0. The molecule has 1 aliphatic carbocycles. The summed E-state index contributed by atoms with van der Waals surface area (Å²) < 4.78 is 0. The number of nitrogens with zero attached hydrogens (tertiary/aromatic N) is 4. The van der Waals surface area contributed by atoms with Crippen molar-refractivity contribution in [1.82, 2.24) is 14.8 Å². The van der Waals surface area contributed by atoms with Crippen LogP contribution in [0.2, 0.25) is 0 Å². The van der Waals surface area contributed by atoms with Gasteiger partial charge in [0, 0.05) is 45.0 Å². The molecule has 3 rings (SSSR count). The van der Waals surface area contributed by atoms with E-state index in [9.17, 15) is 0 Å². The Labute approximate surface area is 164 Å². The van der Waals surface area contributed by atoms with Gasteiger partial charge in [0.1, 0.15) is 0 Å². The van der Waals surface area contributed by atoms with Crippen LogP contribution in [0.3, 0.4) is 0 Å². The quantitative estimate of drug-likeness (QED) is 0.614. The van der Waals surface area contributed by atoms with Gasteiger partial charge >= 0.3 is 0 Å². The first-order valence-electron chi connectivity index (χ1n) is 10.5. The van der Waals surface area contributed by atoms with Crippen LogP contribution in [0, 0.1) is 5.41 Å². The second-order valence-corrected chi connectivity index (χ2v) is 8.69. The van der Waals surface area contributed by atoms with E-state index in [1.165, 1.54) is 32.1 Å². The fourth-order valence-electron chi connectivity index (χ4n) is 3.88. The summed E-state index contributed by atoms with van der Waals surface area (Å²) in [4.78, 5) is 14.2. The van der Waals surface area contributed by atoms with E-state index in [2.05, 4.69) is 33.9 Å². The molecule has 3 N–H and O–H groups in total. The maximum Gasteiger partial charge on any atom is 0.198 e. The van der Waals surface area contributed by atoms with Crippen molar-refractivity contribution >= 4 is 11.6 Å². The van der Waals surface area contributed by atoms with E-state index < -0.39 is 0 Å². The van der Waals surface area contributed by atoms with Crippen LogP contribution in [-0.4, -0.2) is 66.1 Å². The molecule has 6 nitrogen and oxygen atoms in total. The third kappa shape index (κ3) is 5.91. The van der Waals surface area contributed by atoms with Crippen LogP contribution in [0.4, 0.5) is 5.69 Å². The Bertz CT molecular complexity index is 586. The highest BCUT2D eigenvalue weighted by atomic mass is 15.4. The molecule has 2 fully saturated rings. The molecule has 0 atom stereocenters. The minimum Gasteiger partial charge on any atom is -0.340 e. The van der Waals surface area contributed by atoms with Crippen LogP contribution >= 0.6 is 0 Å². The molecule has 1 aromatic heterocycles. The van der Waals surface area contributed by atoms with Crippen molar-refractivity contribution in [2.24, 2.45) is 16.1 Å². The molecule has 0 unspecified atom stereocenters. The van der Waals surface area contributed by atoms with Crippen LogP contribution < -0.4 is 11.1 Å². The Morgan fingerprint density at radius 2 is 1.96 bits per heavy atom. The molecule has 0 spiro atoms. The van der Waals surface area contributed by atoms with E-state index in [4.69, 9.17) is 10.7 Å². The number of nitrogens with one attached hydrogen (secondary N) is 1. The second kappa shape index (κ2) is 9.51. The number of nitrogens with two attached hydrogens (primary N) is 1. The maximum atomic E-state index is 5.90. The predicted molar refractivity (Wildman–Crippen MR) is 113 cm³/mol. The smallest absolute Gasteiger partial charge is 0.198 e. The van der Waals surface area contributed by atoms with Gasteiger partial charge in [-0.05, 0) is 36.9 Å². The SMILES string of the molecule is CC(C)(CN)CN=C(Nc1cccnc1)N1CCN(C2CCCCC2)CC1. The molecule has 2 aliphatic rings. The average Bonchev–Trinajstić information content (AvgIpc) is 2.73. The standard InChI is InChI=1S/C21H36N6/c1-21(2,16-22)17-24-20(25-18-7-6-10-23-15-18)27-13-11-26(12-14-27)19-8-4-3-5-9-19/h6-7,10,15,19H,3-5,8-9,11-14,16-17,22H2,1-2H3,(H,24,25). The fraction of sp³-hybridized carbons (Fsp3) is 0.714. The zero-order chi connectivity index (χ0) is 19.1. The normalized spacial score (nSPS) is 20.7. The van der Waals surface area contributed by atoms with Crippen molar-refractivity contribution in [2.45, 2.75) is 52.0 Å². The highest BCUT2D eigenvalue weighted by molar-refractivity contribution is 5.93.